The average molecular weight is 390 g/mol. The Morgan fingerprint density at radius 1 is 1.21 bits per heavy atom. The van der Waals surface area contributed by atoms with Crippen molar-refractivity contribution in [3.8, 4) is 16.9 Å². The van der Waals surface area contributed by atoms with Gasteiger partial charge in [0.05, 0.1) is 12.6 Å². The molecule has 1 unspecified atom stereocenters. The average Bonchev–Trinajstić information content (AvgIpc) is 3.50. The fourth-order valence-corrected chi connectivity index (χ4v) is 4.41. The van der Waals surface area contributed by atoms with E-state index in [1.807, 2.05) is 6.07 Å². The molecule has 3 heterocycles. The Bertz CT molecular complexity index is 1220. The summed E-state index contributed by atoms with van der Waals surface area (Å²) in [5, 5.41) is 12.9. The summed E-state index contributed by atoms with van der Waals surface area (Å²) in [5.74, 6) is -0.324. The van der Waals surface area contributed by atoms with Crippen LogP contribution in [0.1, 0.15) is 58.8 Å². The molecule has 2 aromatic heterocycles. The van der Waals surface area contributed by atoms with Gasteiger partial charge in [-0.2, -0.15) is 0 Å². The summed E-state index contributed by atoms with van der Waals surface area (Å²) >= 11 is 0. The molecule has 5 rings (SSSR count). The van der Waals surface area contributed by atoms with Gasteiger partial charge in [0.25, 0.3) is 5.56 Å². The zero-order valence-electron chi connectivity index (χ0n) is 16.4. The molecule has 0 amide bonds. The molecule has 29 heavy (non-hydrogen) atoms. The number of fused-ring (bicyclic) bond motifs is 2. The minimum Gasteiger partial charge on any atom is -0.494 e. The molecular weight excluding hydrogens is 368 g/mol. The summed E-state index contributed by atoms with van der Waals surface area (Å²) in [6.45, 7) is 2.98. The molecule has 1 atom stereocenters. The van der Waals surface area contributed by atoms with E-state index in [0.717, 1.165) is 36.1 Å². The number of carboxylic acids is 1. The lowest BCUT2D eigenvalue weighted by molar-refractivity contribution is 0.0694. The third-order valence-electron chi connectivity index (χ3n) is 6.08. The Balaban J connectivity index is 1.79. The maximum atomic E-state index is 12.8. The lowest BCUT2D eigenvalue weighted by Crippen LogP contribution is -2.23. The molecule has 1 saturated carbocycles. The first-order valence-corrected chi connectivity index (χ1v) is 9.85. The molecule has 3 aromatic rings. The van der Waals surface area contributed by atoms with Crippen LogP contribution in [0.15, 0.2) is 41.3 Å². The highest BCUT2D eigenvalue weighted by atomic mass is 16.5. The second-order valence-corrected chi connectivity index (χ2v) is 7.90. The third-order valence-corrected chi connectivity index (χ3v) is 6.08. The maximum absolute atomic E-state index is 12.8. The predicted molar refractivity (Wildman–Crippen MR) is 110 cm³/mol. The topological polar surface area (TPSA) is 80.0 Å². The SMILES string of the molecule is COc1c(-c2ccc3c(c2)CNC3C)ccn2c(=O)c(C(=O)O)cc(C3CC3)c12. The maximum Gasteiger partial charge on any atom is 0.341 e. The molecular formula is C23H22N2O4. The number of ether oxygens (including phenoxy) is 1. The number of pyridine rings is 2. The lowest BCUT2D eigenvalue weighted by atomic mass is 9.96. The van der Waals surface area contributed by atoms with E-state index < -0.39 is 11.5 Å². The van der Waals surface area contributed by atoms with Gasteiger partial charge in [-0.1, -0.05) is 12.1 Å². The van der Waals surface area contributed by atoms with Gasteiger partial charge in [0, 0.05) is 24.3 Å². The van der Waals surface area contributed by atoms with Crippen LogP contribution in [0.5, 0.6) is 5.75 Å². The number of nitrogens with zero attached hydrogens (tertiary/aromatic N) is 1. The van der Waals surface area contributed by atoms with E-state index in [-0.39, 0.29) is 11.5 Å². The molecule has 6 nitrogen and oxygen atoms in total. The number of methoxy groups -OCH3 is 1. The number of hydrogen-bond donors (Lipinski definition) is 2. The Labute approximate surface area is 167 Å². The van der Waals surface area contributed by atoms with E-state index >= 15 is 0 Å². The summed E-state index contributed by atoms with van der Waals surface area (Å²) in [6.07, 6.45) is 3.65. The van der Waals surface area contributed by atoms with Crippen LogP contribution in [0, 0.1) is 0 Å². The molecule has 0 saturated heterocycles. The minimum atomic E-state index is -1.20. The van der Waals surface area contributed by atoms with Gasteiger partial charge < -0.3 is 15.2 Å². The highest BCUT2D eigenvalue weighted by Gasteiger charge is 2.30. The number of nitrogens with one attached hydrogen (secondary N) is 1. The largest absolute Gasteiger partial charge is 0.494 e. The van der Waals surface area contributed by atoms with E-state index in [1.165, 1.54) is 21.6 Å². The molecule has 0 spiro atoms. The molecule has 148 valence electrons. The van der Waals surface area contributed by atoms with Crippen molar-refractivity contribution in [2.45, 2.75) is 38.3 Å². The minimum absolute atomic E-state index is 0.197. The van der Waals surface area contributed by atoms with Crippen LogP contribution < -0.4 is 15.6 Å². The van der Waals surface area contributed by atoms with Gasteiger partial charge in [-0.3, -0.25) is 9.20 Å². The predicted octanol–water partition coefficient (Wildman–Crippen LogP) is 3.71. The zero-order valence-corrected chi connectivity index (χ0v) is 16.4. The summed E-state index contributed by atoms with van der Waals surface area (Å²) in [7, 11) is 1.60. The van der Waals surface area contributed by atoms with Crippen molar-refractivity contribution in [1.82, 2.24) is 9.72 Å². The molecule has 0 bridgehead atoms. The van der Waals surface area contributed by atoms with Crippen LogP contribution in [0.4, 0.5) is 0 Å². The van der Waals surface area contributed by atoms with Gasteiger partial charge >= 0.3 is 5.97 Å². The summed E-state index contributed by atoms with van der Waals surface area (Å²) < 4.78 is 7.23. The number of aromatic carboxylic acids is 1. The third kappa shape index (κ3) is 2.75. The van der Waals surface area contributed by atoms with Gasteiger partial charge in [0.2, 0.25) is 0 Å². The van der Waals surface area contributed by atoms with Crippen LogP contribution in [0.3, 0.4) is 0 Å². The normalized spacial score (nSPS) is 18.1. The van der Waals surface area contributed by atoms with E-state index in [0.29, 0.717) is 17.3 Å². The Morgan fingerprint density at radius 2 is 2.00 bits per heavy atom. The standard InChI is InChI=1S/C23H22N2O4/c1-12-16-6-5-14(9-15(16)11-24-12)17-7-8-25-20(21(17)29-2)18(13-3-4-13)10-19(22(25)26)23(27)28/h5-10,12-13,24H,3-4,11H2,1-2H3,(H,27,28). The number of carboxylic acid groups (broad SMARTS) is 1. The Kier molecular flexibility index (Phi) is 3.99. The van der Waals surface area contributed by atoms with E-state index in [1.54, 1.807) is 13.3 Å². The molecule has 2 aliphatic rings. The van der Waals surface area contributed by atoms with E-state index in [9.17, 15) is 14.7 Å². The smallest absolute Gasteiger partial charge is 0.341 e. The van der Waals surface area contributed by atoms with Crippen molar-refractivity contribution < 1.29 is 14.6 Å². The van der Waals surface area contributed by atoms with Crippen molar-refractivity contribution in [1.29, 1.82) is 0 Å². The molecule has 0 radical (unpaired) electrons. The van der Waals surface area contributed by atoms with E-state index in [4.69, 9.17) is 4.74 Å². The van der Waals surface area contributed by atoms with Crippen molar-refractivity contribution in [2.75, 3.05) is 7.11 Å². The first-order chi connectivity index (χ1) is 14.0. The number of benzene rings is 1. The van der Waals surface area contributed by atoms with Gasteiger partial charge in [-0.15, -0.1) is 0 Å². The fraction of sp³-hybridized carbons (Fsp3) is 0.304. The number of hydrogen-bond acceptors (Lipinski definition) is 4. The Morgan fingerprint density at radius 3 is 2.69 bits per heavy atom. The van der Waals surface area contributed by atoms with Gasteiger partial charge in [-0.05, 0) is 66.1 Å². The summed E-state index contributed by atoms with van der Waals surface area (Å²) in [5.41, 5.74) is 5.30. The van der Waals surface area contributed by atoms with Crippen molar-refractivity contribution in [3.05, 3.63) is 69.1 Å². The molecule has 1 fully saturated rings. The highest BCUT2D eigenvalue weighted by Crippen LogP contribution is 2.46. The second kappa shape index (κ2) is 6.46. The zero-order chi connectivity index (χ0) is 20.3. The highest BCUT2D eigenvalue weighted by molar-refractivity contribution is 5.90. The summed E-state index contributed by atoms with van der Waals surface area (Å²) in [4.78, 5) is 24.4. The Hall–Kier alpha value is -3.12. The van der Waals surface area contributed by atoms with E-state index in [2.05, 4.69) is 30.4 Å². The fourth-order valence-electron chi connectivity index (χ4n) is 4.41. The molecule has 1 aliphatic heterocycles. The van der Waals surface area contributed by atoms with Gasteiger partial charge in [-0.25, -0.2) is 4.79 Å². The first-order valence-electron chi connectivity index (χ1n) is 9.85. The monoisotopic (exact) mass is 390 g/mol. The lowest BCUT2D eigenvalue weighted by Gasteiger charge is -2.17. The van der Waals surface area contributed by atoms with Crippen LogP contribution in [-0.4, -0.2) is 22.6 Å². The molecule has 1 aliphatic carbocycles. The van der Waals surface area contributed by atoms with Crippen molar-refractivity contribution in [3.63, 3.8) is 0 Å². The van der Waals surface area contributed by atoms with Crippen LogP contribution in [-0.2, 0) is 6.54 Å². The molecule has 6 heteroatoms. The molecule has 1 aromatic carbocycles. The van der Waals surface area contributed by atoms with Crippen LogP contribution in [0.2, 0.25) is 0 Å². The second-order valence-electron chi connectivity index (χ2n) is 7.90. The first kappa shape index (κ1) is 17.9. The van der Waals surface area contributed by atoms with Crippen LogP contribution in [0.25, 0.3) is 16.6 Å². The van der Waals surface area contributed by atoms with Gasteiger partial charge in [0.1, 0.15) is 5.56 Å². The number of carbonyl (C=O) groups is 1. The van der Waals surface area contributed by atoms with Crippen LogP contribution >= 0.6 is 0 Å². The summed E-state index contributed by atoms with van der Waals surface area (Å²) in [6, 6.07) is 10.1. The quantitative estimate of drug-likeness (QED) is 0.710. The van der Waals surface area contributed by atoms with Gasteiger partial charge in [0.15, 0.2) is 5.75 Å². The molecule has 2 N–H and O–H groups in total. The van der Waals surface area contributed by atoms with Crippen molar-refractivity contribution in [2.24, 2.45) is 0 Å². The number of aromatic nitrogens is 1. The number of rotatable bonds is 4. The van der Waals surface area contributed by atoms with Crippen molar-refractivity contribution >= 4 is 11.5 Å².